The topological polar surface area (TPSA) is 67.9 Å². The number of amides is 2. The Bertz CT molecular complexity index is 1060. The lowest BCUT2D eigenvalue weighted by atomic mass is 10.1. The summed E-state index contributed by atoms with van der Waals surface area (Å²) >= 11 is 14.7. The highest BCUT2D eigenvalue weighted by Crippen LogP contribution is 2.35. The molecule has 1 fully saturated rings. The van der Waals surface area contributed by atoms with Gasteiger partial charge in [-0.15, -0.1) is 0 Å². The lowest BCUT2D eigenvalue weighted by Crippen LogP contribution is -2.54. The Kier molecular flexibility index (Phi) is 7.12. The molecule has 1 saturated heterocycles. The second-order valence-electron chi connectivity index (χ2n) is 6.12. The first kappa shape index (κ1) is 22.3. The number of nitrogens with one attached hydrogen (secondary N) is 1. The molecule has 0 spiro atoms. The molecule has 0 unspecified atom stereocenters. The fraction of sp³-hybridized carbons (Fsp3) is 0.190. The first-order chi connectivity index (χ1) is 14.3. The zero-order valence-electron chi connectivity index (χ0n) is 16.2. The number of hydrogen-bond donors (Lipinski definition) is 1. The van der Waals surface area contributed by atoms with Gasteiger partial charge in [0.15, 0.2) is 5.11 Å². The van der Waals surface area contributed by atoms with Crippen LogP contribution in [-0.2, 0) is 9.59 Å². The zero-order chi connectivity index (χ0) is 21.8. The summed E-state index contributed by atoms with van der Waals surface area (Å²) in [6.45, 7) is 4.61. The second-order valence-corrected chi connectivity index (χ2v) is 7.80. The molecule has 1 heterocycles. The van der Waals surface area contributed by atoms with Crippen LogP contribution in [0, 0.1) is 0 Å². The third-order valence-electron chi connectivity index (χ3n) is 4.13. The minimum atomic E-state index is -0.587. The van der Waals surface area contributed by atoms with E-state index in [1.807, 2.05) is 13.8 Å². The minimum absolute atomic E-state index is 0.0117. The first-order valence-corrected chi connectivity index (χ1v) is 10.7. The molecule has 1 N–H and O–H groups in total. The van der Waals surface area contributed by atoms with Crippen molar-refractivity contribution in [3.05, 3.63) is 57.0 Å². The maximum Gasteiger partial charge on any atom is 0.270 e. The molecule has 2 aromatic carbocycles. The molecular formula is C21H18BrClN2O4S. The van der Waals surface area contributed by atoms with Gasteiger partial charge in [0.2, 0.25) is 0 Å². The van der Waals surface area contributed by atoms with Gasteiger partial charge >= 0.3 is 0 Å². The molecule has 0 saturated carbocycles. The van der Waals surface area contributed by atoms with E-state index in [0.29, 0.717) is 45.5 Å². The fourth-order valence-electron chi connectivity index (χ4n) is 2.87. The molecule has 9 heteroatoms. The Labute approximate surface area is 192 Å². The molecule has 1 aliphatic rings. The number of nitrogens with zero attached hydrogens (tertiary/aromatic N) is 1. The molecule has 3 rings (SSSR count). The Balaban J connectivity index is 2.07. The van der Waals surface area contributed by atoms with Crippen LogP contribution in [0.5, 0.6) is 11.5 Å². The number of thiocarbonyl (C=S) groups is 1. The zero-order valence-corrected chi connectivity index (χ0v) is 19.4. The first-order valence-electron chi connectivity index (χ1n) is 9.11. The summed E-state index contributed by atoms with van der Waals surface area (Å²) < 4.78 is 11.9. The quantitative estimate of drug-likeness (QED) is 0.346. The van der Waals surface area contributed by atoms with Crippen LogP contribution in [-0.4, -0.2) is 30.1 Å². The highest BCUT2D eigenvalue weighted by molar-refractivity contribution is 9.10. The van der Waals surface area contributed by atoms with E-state index in [1.54, 1.807) is 36.4 Å². The van der Waals surface area contributed by atoms with Crippen LogP contribution in [0.4, 0.5) is 5.69 Å². The van der Waals surface area contributed by atoms with Gasteiger partial charge in [0, 0.05) is 16.7 Å². The van der Waals surface area contributed by atoms with E-state index in [0.717, 1.165) is 0 Å². The number of benzene rings is 2. The number of carbonyl (C=O) groups is 2. The average Bonchev–Trinajstić information content (AvgIpc) is 2.68. The summed E-state index contributed by atoms with van der Waals surface area (Å²) in [6.07, 6.45) is 1.47. The predicted molar refractivity (Wildman–Crippen MR) is 124 cm³/mol. The van der Waals surface area contributed by atoms with Crippen molar-refractivity contribution < 1.29 is 19.1 Å². The number of ether oxygens (including phenoxy) is 2. The Hall–Kier alpha value is -2.42. The van der Waals surface area contributed by atoms with E-state index >= 15 is 0 Å². The smallest absolute Gasteiger partial charge is 0.270 e. The average molecular weight is 510 g/mol. The minimum Gasteiger partial charge on any atom is -0.493 e. The molecular weight excluding hydrogens is 492 g/mol. The molecule has 0 aliphatic carbocycles. The van der Waals surface area contributed by atoms with Crippen molar-refractivity contribution in [1.29, 1.82) is 0 Å². The van der Waals surface area contributed by atoms with Gasteiger partial charge in [-0.05, 0) is 72.3 Å². The summed E-state index contributed by atoms with van der Waals surface area (Å²) in [5, 5.41) is 2.99. The lowest BCUT2D eigenvalue weighted by Gasteiger charge is -2.29. The number of rotatable bonds is 6. The predicted octanol–water partition coefficient (Wildman–Crippen LogP) is 4.73. The van der Waals surface area contributed by atoms with E-state index in [9.17, 15) is 9.59 Å². The van der Waals surface area contributed by atoms with Crippen LogP contribution in [0.3, 0.4) is 0 Å². The maximum atomic E-state index is 13.2. The van der Waals surface area contributed by atoms with E-state index in [4.69, 9.17) is 33.3 Å². The molecule has 1 aliphatic heterocycles. The summed E-state index contributed by atoms with van der Waals surface area (Å²) in [4.78, 5) is 27.0. The third-order valence-corrected chi connectivity index (χ3v) is 5.27. The number of halogens is 2. The van der Waals surface area contributed by atoms with Gasteiger partial charge in [-0.2, -0.15) is 0 Å². The molecule has 0 aromatic heterocycles. The molecule has 156 valence electrons. The molecule has 30 heavy (non-hydrogen) atoms. The SMILES string of the molecule is CCOc1cc(OCC)c(C=C2C(=O)NC(=S)N(c3cccc(Cl)c3)C2=O)cc1Br. The molecule has 0 atom stereocenters. The van der Waals surface area contributed by atoms with Gasteiger partial charge in [0.25, 0.3) is 11.8 Å². The Morgan fingerprint density at radius 2 is 1.83 bits per heavy atom. The van der Waals surface area contributed by atoms with Crippen molar-refractivity contribution in [3.8, 4) is 11.5 Å². The Morgan fingerprint density at radius 3 is 2.50 bits per heavy atom. The molecule has 0 radical (unpaired) electrons. The normalized spacial score (nSPS) is 15.4. The summed E-state index contributed by atoms with van der Waals surface area (Å²) in [6, 6.07) is 10.1. The fourth-order valence-corrected chi connectivity index (χ4v) is 3.81. The highest BCUT2D eigenvalue weighted by atomic mass is 79.9. The van der Waals surface area contributed by atoms with E-state index in [-0.39, 0.29) is 10.7 Å². The number of anilines is 1. The summed E-state index contributed by atoms with van der Waals surface area (Å²) in [5.74, 6) is -0.0573. The van der Waals surface area contributed by atoms with E-state index in [2.05, 4.69) is 21.2 Å². The van der Waals surface area contributed by atoms with Gasteiger partial charge in [-0.3, -0.25) is 19.8 Å². The van der Waals surface area contributed by atoms with Crippen molar-refractivity contribution in [3.63, 3.8) is 0 Å². The maximum absolute atomic E-state index is 13.2. The molecule has 2 amide bonds. The molecule has 0 bridgehead atoms. The van der Waals surface area contributed by atoms with Crippen LogP contribution in [0.15, 0.2) is 46.4 Å². The van der Waals surface area contributed by atoms with Crippen molar-refractivity contribution in [2.24, 2.45) is 0 Å². The van der Waals surface area contributed by atoms with Gasteiger partial charge < -0.3 is 9.47 Å². The molecule has 6 nitrogen and oxygen atoms in total. The highest BCUT2D eigenvalue weighted by Gasteiger charge is 2.34. The van der Waals surface area contributed by atoms with Gasteiger partial charge in [0.05, 0.1) is 23.4 Å². The van der Waals surface area contributed by atoms with Gasteiger partial charge in [-0.1, -0.05) is 17.7 Å². The third kappa shape index (κ3) is 4.66. The van der Waals surface area contributed by atoms with Crippen LogP contribution in [0.1, 0.15) is 19.4 Å². The monoisotopic (exact) mass is 508 g/mol. The van der Waals surface area contributed by atoms with Crippen LogP contribution in [0.25, 0.3) is 6.08 Å². The van der Waals surface area contributed by atoms with Crippen LogP contribution in [0.2, 0.25) is 5.02 Å². The van der Waals surface area contributed by atoms with E-state index in [1.165, 1.54) is 11.0 Å². The largest absolute Gasteiger partial charge is 0.493 e. The summed E-state index contributed by atoms with van der Waals surface area (Å²) in [5.41, 5.74) is 0.923. The molecule has 2 aromatic rings. The number of carbonyl (C=O) groups excluding carboxylic acids is 2. The van der Waals surface area contributed by atoms with Crippen molar-refractivity contribution >= 4 is 68.4 Å². The number of hydrogen-bond acceptors (Lipinski definition) is 5. The van der Waals surface area contributed by atoms with Gasteiger partial charge in [0.1, 0.15) is 17.1 Å². The van der Waals surface area contributed by atoms with E-state index < -0.39 is 11.8 Å². The van der Waals surface area contributed by atoms with Gasteiger partial charge in [-0.25, -0.2) is 0 Å². The second kappa shape index (κ2) is 9.59. The van der Waals surface area contributed by atoms with Crippen LogP contribution >= 0.6 is 39.7 Å². The van der Waals surface area contributed by atoms with Crippen molar-refractivity contribution in [2.75, 3.05) is 18.1 Å². The summed E-state index contributed by atoms with van der Waals surface area (Å²) in [7, 11) is 0. The lowest BCUT2D eigenvalue weighted by molar-refractivity contribution is -0.122. The van der Waals surface area contributed by atoms with Crippen molar-refractivity contribution in [1.82, 2.24) is 5.32 Å². The standard InChI is InChI=1S/C21H18BrClN2O4S/c1-3-28-17-11-18(29-4-2)16(22)9-12(17)8-15-19(26)24-21(30)25(20(15)27)14-7-5-6-13(23)10-14/h5-11H,3-4H2,1-2H3,(H,24,26,30). The van der Waals surface area contributed by atoms with Crippen LogP contribution < -0.4 is 19.7 Å². The van der Waals surface area contributed by atoms with Crippen molar-refractivity contribution in [2.45, 2.75) is 13.8 Å². The Morgan fingerprint density at radius 1 is 1.13 bits per heavy atom.